The van der Waals surface area contributed by atoms with Gasteiger partial charge in [-0.05, 0) is 18.6 Å². The zero-order valence-electron chi connectivity index (χ0n) is 9.61. The predicted molar refractivity (Wildman–Crippen MR) is 64.9 cm³/mol. The molecular formula is C12H14BrFO3. The molecule has 5 heteroatoms. The molecule has 0 fully saturated rings. The summed E-state index contributed by atoms with van der Waals surface area (Å²) in [5.74, 6) is -1.84. The van der Waals surface area contributed by atoms with Crippen LogP contribution in [0.3, 0.4) is 0 Å². The molecule has 0 aliphatic rings. The Bertz CT molecular complexity index is 409. The summed E-state index contributed by atoms with van der Waals surface area (Å²) in [7, 11) is 1.25. The van der Waals surface area contributed by atoms with Gasteiger partial charge in [-0.15, -0.1) is 0 Å². The Morgan fingerprint density at radius 1 is 1.59 bits per heavy atom. The minimum atomic E-state index is -1.19. The fourth-order valence-electron chi connectivity index (χ4n) is 1.63. The Morgan fingerprint density at radius 3 is 2.71 bits per heavy atom. The predicted octanol–water partition coefficient (Wildman–Crippen LogP) is 2.82. The minimum Gasteiger partial charge on any atom is -0.469 e. The second-order valence-corrected chi connectivity index (χ2v) is 4.56. The van der Waals surface area contributed by atoms with Crippen LogP contribution in [0.15, 0.2) is 22.7 Å². The van der Waals surface area contributed by atoms with Crippen molar-refractivity contribution < 1.29 is 19.0 Å². The number of esters is 1. The van der Waals surface area contributed by atoms with Crippen molar-refractivity contribution in [3.8, 4) is 0 Å². The number of carbonyl (C=O) groups excluding carboxylic acids is 1. The first-order valence-corrected chi connectivity index (χ1v) is 6.01. The number of aliphatic hydroxyl groups excluding tert-OH is 1. The van der Waals surface area contributed by atoms with Gasteiger partial charge >= 0.3 is 5.97 Å². The zero-order chi connectivity index (χ0) is 13.0. The molecule has 0 radical (unpaired) electrons. The van der Waals surface area contributed by atoms with Crippen molar-refractivity contribution >= 4 is 21.9 Å². The van der Waals surface area contributed by atoms with E-state index in [0.717, 1.165) is 0 Å². The van der Waals surface area contributed by atoms with Crippen LogP contribution in [0, 0.1) is 11.7 Å². The molecule has 1 aromatic carbocycles. The fourth-order valence-corrected chi connectivity index (χ4v) is 1.96. The molecule has 0 aliphatic carbocycles. The lowest BCUT2D eigenvalue weighted by Gasteiger charge is -2.20. The van der Waals surface area contributed by atoms with Crippen LogP contribution in [0.5, 0.6) is 0 Å². The molecule has 1 N–H and O–H groups in total. The van der Waals surface area contributed by atoms with Gasteiger partial charge in [0, 0.05) is 10.0 Å². The second kappa shape index (κ2) is 6.12. The highest BCUT2D eigenvalue weighted by molar-refractivity contribution is 9.10. The Morgan fingerprint density at radius 2 is 2.24 bits per heavy atom. The second-order valence-electron chi connectivity index (χ2n) is 3.65. The Kier molecular flexibility index (Phi) is 5.08. The number of hydrogen-bond donors (Lipinski definition) is 1. The van der Waals surface area contributed by atoms with Crippen LogP contribution in [0.1, 0.15) is 25.0 Å². The van der Waals surface area contributed by atoms with Crippen LogP contribution in [-0.4, -0.2) is 18.2 Å². The third-order valence-corrected chi connectivity index (χ3v) is 3.10. The average Bonchev–Trinajstić information content (AvgIpc) is 2.29. The van der Waals surface area contributed by atoms with E-state index in [9.17, 15) is 14.3 Å². The maximum absolute atomic E-state index is 13.6. The highest BCUT2D eigenvalue weighted by atomic mass is 79.9. The summed E-state index contributed by atoms with van der Waals surface area (Å²) in [6.45, 7) is 1.74. The lowest BCUT2D eigenvalue weighted by Crippen LogP contribution is -2.23. The van der Waals surface area contributed by atoms with Crippen molar-refractivity contribution in [1.29, 1.82) is 0 Å². The van der Waals surface area contributed by atoms with E-state index >= 15 is 0 Å². The summed E-state index contributed by atoms with van der Waals surface area (Å²) in [5, 5.41) is 10.00. The van der Waals surface area contributed by atoms with Gasteiger partial charge in [0.15, 0.2) is 0 Å². The van der Waals surface area contributed by atoms with Crippen molar-refractivity contribution in [1.82, 2.24) is 0 Å². The van der Waals surface area contributed by atoms with E-state index in [-0.39, 0.29) is 5.56 Å². The van der Waals surface area contributed by atoms with Crippen LogP contribution >= 0.6 is 15.9 Å². The lowest BCUT2D eigenvalue weighted by atomic mass is 9.93. The molecule has 17 heavy (non-hydrogen) atoms. The van der Waals surface area contributed by atoms with Crippen molar-refractivity contribution in [2.24, 2.45) is 5.92 Å². The van der Waals surface area contributed by atoms with E-state index in [1.165, 1.54) is 19.2 Å². The smallest absolute Gasteiger partial charge is 0.311 e. The summed E-state index contributed by atoms with van der Waals surface area (Å²) >= 11 is 3.13. The number of halogens is 2. The average molecular weight is 305 g/mol. The minimum absolute atomic E-state index is 0.102. The quantitative estimate of drug-likeness (QED) is 0.870. The van der Waals surface area contributed by atoms with E-state index in [4.69, 9.17) is 0 Å². The first kappa shape index (κ1) is 14.1. The number of carbonyl (C=O) groups is 1. The molecule has 0 saturated carbocycles. The van der Waals surface area contributed by atoms with E-state index in [0.29, 0.717) is 10.9 Å². The maximum Gasteiger partial charge on any atom is 0.311 e. The largest absolute Gasteiger partial charge is 0.469 e. The first-order chi connectivity index (χ1) is 8.01. The highest BCUT2D eigenvalue weighted by Gasteiger charge is 2.29. The highest BCUT2D eigenvalue weighted by Crippen LogP contribution is 2.29. The Labute approximate surface area is 108 Å². The third-order valence-electron chi connectivity index (χ3n) is 2.61. The van der Waals surface area contributed by atoms with Crippen LogP contribution < -0.4 is 0 Å². The normalized spacial score (nSPS) is 14.2. The number of hydrogen-bond acceptors (Lipinski definition) is 3. The molecule has 0 aliphatic heterocycles. The van der Waals surface area contributed by atoms with E-state index < -0.39 is 23.8 Å². The Hall–Kier alpha value is -0.940. The molecule has 94 valence electrons. The zero-order valence-corrected chi connectivity index (χ0v) is 11.2. The standard InChI is InChI=1S/C12H14BrFO3/c1-3-8(12(16)17-2)11(15)9-5-4-7(13)6-10(9)14/h4-6,8,11,15H,3H2,1-2H3. The molecule has 2 unspecified atom stereocenters. The van der Waals surface area contributed by atoms with Crippen molar-refractivity contribution in [3.05, 3.63) is 34.1 Å². The third kappa shape index (κ3) is 3.26. The van der Waals surface area contributed by atoms with Gasteiger partial charge in [0.05, 0.1) is 19.1 Å². The van der Waals surface area contributed by atoms with Gasteiger partial charge in [0.1, 0.15) is 5.82 Å². The molecule has 0 aromatic heterocycles. The molecule has 0 spiro atoms. The topological polar surface area (TPSA) is 46.5 Å². The van der Waals surface area contributed by atoms with Gasteiger partial charge in [-0.3, -0.25) is 4.79 Å². The van der Waals surface area contributed by atoms with Crippen molar-refractivity contribution in [2.75, 3.05) is 7.11 Å². The van der Waals surface area contributed by atoms with Gasteiger partial charge in [-0.1, -0.05) is 28.9 Å². The summed E-state index contributed by atoms with van der Waals surface area (Å²) < 4.78 is 18.8. The van der Waals surface area contributed by atoms with E-state index in [1.807, 2.05) is 0 Å². The van der Waals surface area contributed by atoms with E-state index in [2.05, 4.69) is 20.7 Å². The van der Waals surface area contributed by atoms with Crippen LogP contribution in [-0.2, 0) is 9.53 Å². The lowest BCUT2D eigenvalue weighted by molar-refractivity contribution is -0.149. The van der Waals surface area contributed by atoms with Gasteiger partial charge in [0.25, 0.3) is 0 Å². The van der Waals surface area contributed by atoms with Gasteiger partial charge < -0.3 is 9.84 Å². The summed E-state index contributed by atoms with van der Waals surface area (Å²) in [6.07, 6.45) is -0.816. The van der Waals surface area contributed by atoms with Crippen LogP contribution in [0.4, 0.5) is 4.39 Å². The maximum atomic E-state index is 13.6. The molecule has 2 atom stereocenters. The fraction of sp³-hybridized carbons (Fsp3) is 0.417. The van der Waals surface area contributed by atoms with E-state index in [1.54, 1.807) is 13.0 Å². The monoisotopic (exact) mass is 304 g/mol. The molecule has 1 rings (SSSR count). The molecule has 0 bridgehead atoms. The molecule has 0 heterocycles. The molecule has 0 amide bonds. The number of rotatable bonds is 4. The summed E-state index contributed by atoms with van der Waals surface area (Å²) in [5.41, 5.74) is 0.102. The van der Waals surface area contributed by atoms with Gasteiger partial charge in [-0.2, -0.15) is 0 Å². The summed E-state index contributed by atoms with van der Waals surface area (Å²) in [6, 6.07) is 4.32. The van der Waals surface area contributed by atoms with Crippen LogP contribution in [0.2, 0.25) is 0 Å². The molecule has 0 saturated heterocycles. The molecule has 1 aromatic rings. The molecule has 3 nitrogen and oxygen atoms in total. The molecular weight excluding hydrogens is 291 g/mol. The summed E-state index contributed by atoms with van der Waals surface area (Å²) in [4.78, 5) is 11.4. The number of methoxy groups -OCH3 is 1. The Balaban J connectivity index is 3.01. The van der Waals surface area contributed by atoms with Crippen LogP contribution in [0.25, 0.3) is 0 Å². The van der Waals surface area contributed by atoms with Crippen molar-refractivity contribution in [2.45, 2.75) is 19.4 Å². The van der Waals surface area contributed by atoms with Gasteiger partial charge in [0.2, 0.25) is 0 Å². The SMILES string of the molecule is CCC(C(=O)OC)C(O)c1ccc(Br)cc1F. The number of ether oxygens (including phenoxy) is 1. The number of aliphatic hydroxyl groups is 1. The van der Waals surface area contributed by atoms with Gasteiger partial charge in [-0.25, -0.2) is 4.39 Å². The van der Waals surface area contributed by atoms with Crippen molar-refractivity contribution in [3.63, 3.8) is 0 Å². The number of benzene rings is 1. The first-order valence-electron chi connectivity index (χ1n) is 5.22.